The van der Waals surface area contributed by atoms with Crippen molar-refractivity contribution in [1.82, 2.24) is 0 Å². The van der Waals surface area contributed by atoms with Gasteiger partial charge in [0, 0.05) is 0 Å². The Labute approximate surface area is 120 Å². The van der Waals surface area contributed by atoms with Gasteiger partial charge in [0.2, 0.25) is 11.8 Å². The van der Waals surface area contributed by atoms with Crippen molar-refractivity contribution in [2.75, 3.05) is 4.90 Å². The number of nitrogens with zero attached hydrogens (tertiary/aromatic N) is 1. The Balaban J connectivity index is 2.02. The van der Waals surface area contributed by atoms with Gasteiger partial charge in [0.05, 0.1) is 23.1 Å². The molecular weight excluding hydrogens is 277 g/mol. The van der Waals surface area contributed by atoms with Crippen LogP contribution in [0.5, 0.6) is 0 Å². The maximum Gasteiger partial charge on any atom is 0.335 e. The molecule has 1 heterocycles. The Morgan fingerprint density at radius 2 is 1.81 bits per heavy atom. The van der Waals surface area contributed by atoms with E-state index in [9.17, 15) is 18.8 Å². The molecule has 0 radical (unpaired) electrons. The van der Waals surface area contributed by atoms with E-state index in [1.165, 1.54) is 0 Å². The lowest BCUT2D eigenvalue weighted by Gasteiger charge is -2.18. The Bertz CT molecular complexity index is 633. The zero-order valence-corrected chi connectivity index (χ0v) is 11.4. The van der Waals surface area contributed by atoms with Gasteiger partial charge in [0.15, 0.2) is 0 Å². The van der Waals surface area contributed by atoms with Gasteiger partial charge in [-0.2, -0.15) is 0 Å². The van der Waals surface area contributed by atoms with Crippen LogP contribution in [0.3, 0.4) is 0 Å². The van der Waals surface area contributed by atoms with Crippen LogP contribution in [-0.4, -0.2) is 22.9 Å². The van der Waals surface area contributed by atoms with Crippen LogP contribution in [0.15, 0.2) is 18.2 Å². The first kappa shape index (κ1) is 13.7. The maximum absolute atomic E-state index is 13.9. The highest BCUT2D eigenvalue weighted by Crippen LogP contribution is 2.44. The number of carboxylic acids is 1. The van der Waals surface area contributed by atoms with E-state index in [1.54, 1.807) is 0 Å². The molecule has 3 rings (SSSR count). The van der Waals surface area contributed by atoms with E-state index in [-0.39, 0.29) is 11.3 Å². The van der Waals surface area contributed by atoms with Crippen LogP contribution >= 0.6 is 0 Å². The SMILES string of the molecule is CC1CC2C(=O)N(c3cc(C(=O)O)ccc3F)C(=O)C2C1. The third-order valence-electron chi connectivity index (χ3n) is 4.31. The highest BCUT2D eigenvalue weighted by atomic mass is 19.1. The normalized spacial score (nSPS) is 28.1. The fourth-order valence-corrected chi connectivity index (χ4v) is 3.33. The van der Waals surface area contributed by atoms with Gasteiger partial charge >= 0.3 is 5.97 Å². The van der Waals surface area contributed by atoms with Crippen molar-refractivity contribution < 1.29 is 23.9 Å². The number of carbonyl (C=O) groups is 3. The Kier molecular flexibility index (Phi) is 3.04. The van der Waals surface area contributed by atoms with Gasteiger partial charge in [-0.05, 0) is 37.0 Å². The summed E-state index contributed by atoms with van der Waals surface area (Å²) >= 11 is 0. The van der Waals surface area contributed by atoms with E-state index in [0.717, 1.165) is 23.1 Å². The second-order valence-electron chi connectivity index (χ2n) is 5.77. The number of halogens is 1. The molecule has 2 amide bonds. The van der Waals surface area contributed by atoms with Crippen molar-refractivity contribution >= 4 is 23.5 Å². The summed E-state index contributed by atoms with van der Waals surface area (Å²) in [4.78, 5) is 36.5. The lowest BCUT2D eigenvalue weighted by atomic mass is 10.00. The molecule has 2 unspecified atom stereocenters. The van der Waals surface area contributed by atoms with E-state index < -0.39 is 35.4 Å². The quantitative estimate of drug-likeness (QED) is 0.846. The number of carbonyl (C=O) groups excluding carboxylic acids is 2. The fraction of sp³-hybridized carbons (Fsp3) is 0.400. The number of rotatable bonds is 2. The number of fused-ring (bicyclic) bond motifs is 1. The largest absolute Gasteiger partial charge is 0.478 e. The maximum atomic E-state index is 13.9. The molecule has 0 spiro atoms. The van der Waals surface area contributed by atoms with Crippen molar-refractivity contribution in [1.29, 1.82) is 0 Å². The fourth-order valence-electron chi connectivity index (χ4n) is 3.33. The van der Waals surface area contributed by atoms with Gasteiger partial charge in [-0.15, -0.1) is 0 Å². The number of aromatic carboxylic acids is 1. The standard InChI is InChI=1S/C15H14FNO4/c1-7-4-9-10(5-7)14(19)17(13(9)18)12-6-8(15(20)21)2-3-11(12)16/h2-3,6-7,9-10H,4-5H2,1H3,(H,20,21). The third kappa shape index (κ3) is 2.02. The molecule has 2 atom stereocenters. The molecule has 1 saturated heterocycles. The molecule has 1 aliphatic heterocycles. The number of carboxylic acid groups (broad SMARTS) is 1. The summed E-state index contributed by atoms with van der Waals surface area (Å²) in [6, 6.07) is 3.11. The average Bonchev–Trinajstić information content (AvgIpc) is 2.90. The van der Waals surface area contributed by atoms with E-state index in [2.05, 4.69) is 0 Å². The number of benzene rings is 1. The molecule has 1 N–H and O–H groups in total. The Morgan fingerprint density at radius 3 is 2.33 bits per heavy atom. The molecule has 2 fully saturated rings. The van der Waals surface area contributed by atoms with Crippen molar-refractivity contribution in [3.63, 3.8) is 0 Å². The highest BCUT2D eigenvalue weighted by molar-refractivity contribution is 6.22. The van der Waals surface area contributed by atoms with Crippen molar-refractivity contribution in [2.45, 2.75) is 19.8 Å². The van der Waals surface area contributed by atoms with Gasteiger partial charge in [0.1, 0.15) is 5.82 Å². The van der Waals surface area contributed by atoms with Crippen molar-refractivity contribution in [2.24, 2.45) is 17.8 Å². The van der Waals surface area contributed by atoms with Crippen LogP contribution in [0, 0.1) is 23.6 Å². The zero-order valence-electron chi connectivity index (χ0n) is 11.4. The number of hydrogen-bond acceptors (Lipinski definition) is 3. The first-order valence-corrected chi connectivity index (χ1v) is 6.80. The first-order valence-electron chi connectivity index (χ1n) is 6.80. The number of hydrogen-bond donors (Lipinski definition) is 1. The highest BCUT2D eigenvalue weighted by Gasteiger charge is 2.52. The Hall–Kier alpha value is -2.24. The number of imide groups is 1. The average molecular weight is 291 g/mol. The molecule has 1 aromatic rings. The van der Waals surface area contributed by atoms with Crippen LogP contribution < -0.4 is 4.90 Å². The summed E-state index contributed by atoms with van der Waals surface area (Å²) in [5.74, 6) is -3.35. The molecule has 1 aliphatic carbocycles. The monoisotopic (exact) mass is 291 g/mol. The molecule has 21 heavy (non-hydrogen) atoms. The summed E-state index contributed by atoms with van der Waals surface area (Å²) in [6.45, 7) is 1.98. The van der Waals surface area contributed by atoms with Crippen LogP contribution in [0.25, 0.3) is 0 Å². The zero-order chi connectivity index (χ0) is 15.3. The summed E-state index contributed by atoms with van der Waals surface area (Å²) in [5, 5.41) is 8.96. The van der Waals surface area contributed by atoms with E-state index >= 15 is 0 Å². The second kappa shape index (κ2) is 4.65. The molecule has 2 aliphatic rings. The minimum Gasteiger partial charge on any atom is -0.478 e. The van der Waals surface area contributed by atoms with Crippen LogP contribution in [0.1, 0.15) is 30.1 Å². The van der Waals surface area contributed by atoms with Crippen LogP contribution in [0.2, 0.25) is 0 Å². The molecule has 1 saturated carbocycles. The molecule has 110 valence electrons. The van der Waals surface area contributed by atoms with E-state index in [1.807, 2.05) is 6.92 Å². The minimum absolute atomic E-state index is 0.155. The number of anilines is 1. The predicted octanol–water partition coefficient (Wildman–Crippen LogP) is 2.06. The minimum atomic E-state index is -1.23. The molecule has 0 aromatic heterocycles. The topological polar surface area (TPSA) is 74.7 Å². The van der Waals surface area contributed by atoms with Crippen molar-refractivity contribution in [3.8, 4) is 0 Å². The molecule has 6 heteroatoms. The van der Waals surface area contributed by atoms with Crippen LogP contribution in [0.4, 0.5) is 10.1 Å². The van der Waals surface area contributed by atoms with Gasteiger partial charge < -0.3 is 5.11 Å². The lowest BCUT2D eigenvalue weighted by Crippen LogP contribution is -2.33. The summed E-state index contributed by atoms with van der Waals surface area (Å²) in [7, 11) is 0. The van der Waals surface area contributed by atoms with Crippen LogP contribution in [-0.2, 0) is 9.59 Å². The second-order valence-corrected chi connectivity index (χ2v) is 5.77. The summed E-state index contributed by atoms with van der Waals surface area (Å²) < 4.78 is 13.9. The predicted molar refractivity (Wildman–Crippen MR) is 71.2 cm³/mol. The Morgan fingerprint density at radius 1 is 1.24 bits per heavy atom. The summed E-state index contributed by atoms with van der Waals surface area (Å²) in [6.07, 6.45) is 1.23. The van der Waals surface area contributed by atoms with Gasteiger partial charge in [0.25, 0.3) is 0 Å². The van der Waals surface area contributed by atoms with Crippen molar-refractivity contribution in [3.05, 3.63) is 29.6 Å². The molecule has 0 bridgehead atoms. The molecule has 1 aromatic carbocycles. The lowest BCUT2D eigenvalue weighted by molar-refractivity contribution is -0.123. The third-order valence-corrected chi connectivity index (χ3v) is 4.31. The van der Waals surface area contributed by atoms with Gasteiger partial charge in [-0.1, -0.05) is 6.92 Å². The summed E-state index contributed by atoms with van der Waals surface area (Å²) in [5.41, 5.74) is -0.413. The van der Waals surface area contributed by atoms with E-state index in [0.29, 0.717) is 18.8 Å². The molecular formula is C15H14FNO4. The smallest absolute Gasteiger partial charge is 0.335 e. The van der Waals surface area contributed by atoms with Gasteiger partial charge in [-0.3, -0.25) is 9.59 Å². The first-order chi connectivity index (χ1) is 9.90. The van der Waals surface area contributed by atoms with Gasteiger partial charge in [-0.25, -0.2) is 14.1 Å². The molecule has 5 nitrogen and oxygen atoms in total. The van der Waals surface area contributed by atoms with E-state index in [4.69, 9.17) is 5.11 Å². The number of amides is 2.